The Morgan fingerprint density at radius 3 is 2.33 bits per heavy atom. The third-order valence-electron chi connectivity index (χ3n) is 5.14. The summed E-state index contributed by atoms with van der Waals surface area (Å²) >= 11 is 1.56. The predicted octanol–water partition coefficient (Wildman–Crippen LogP) is 6.02. The number of nitrogens with zero attached hydrogens (tertiary/aromatic N) is 1. The van der Waals surface area contributed by atoms with Crippen molar-refractivity contribution >= 4 is 29.4 Å². The molecule has 0 radical (unpaired) electrons. The molecule has 0 spiro atoms. The van der Waals surface area contributed by atoms with Gasteiger partial charge in [0, 0.05) is 28.6 Å². The molecule has 0 aromatic heterocycles. The van der Waals surface area contributed by atoms with Gasteiger partial charge in [0.2, 0.25) is 0 Å². The lowest BCUT2D eigenvalue weighted by molar-refractivity contribution is -0.136. The molecule has 0 unspecified atom stereocenters. The van der Waals surface area contributed by atoms with Crippen molar-refractivity contribution in [1.82, 2.24) is 5.32 Å². The number of carbonyl (C=O) groups excluding carboxylic acids is 1. The standard InChI is InChI=1S/C27H30N2O3S/c1-2-3-16-28-27(32)29(17-15-21-9-5-4-6-10-21)23-12-8-14-25(20-23)33-24-13-7-11-22(18-24)19-26(30)31/h4-14,18,20H,2-3,15-17,19H2,1H3,(H,28,32)(H,30,31). The molecule has 5 nitrogen and oxygen atoms in total. The summed E-state index contributed by atoms with van der Waals surface area (Å²) in [6.07, 6.45) is 2.73. The number of nitrogens with one attached hydrogen (secondary N) is 1. The Kier molecular flexibility index (Phi) is 9.39. The summed E-state index contributed by atoms with van der Waals surface area (Å²) in [5.74, 6) is -0.845. The second-order valence-corrected chi connectivity index (χ2v) is 8.94. The SMILES string of the molecule is CCCCNC(=O)N(CCc1ccccc1)c1cccc(Sc2cccc(CC(=O)O)c2)c1. The number of hydrogen-bond donors (Lipinski definition) is 2. The maximum atomic E-state index is 13.0. The van der Waals surface area contributed by atoms with E-state index in [1.165, 1.54) is 5.56 Å². The molecule has 0 saturated carbocycles. The van der Waals surface area contributed by atoms with Crippen LogP contribution >= 0.6 is 11.8 Å². The van der Waals surface area contributed by atoms with Gasteiger partial charge in [-0.05, 0) is 54.3 Å². The van der Waals surface area contributed by atoms with Gasteiger partial charge in [-0.15, -0.1) is 0 Å². The zero-order chi connectivity index (χ0) is 23.5. The van der Waals surface area contributed by atoms with Gasteiger partial charge in [-0.3, -0.25) is 9.69 Å². The van der Waals surface area contributed by atoms with Gasteiger partial charge in [0.15, 0.2) is 0 Å². The lowest BCUT2D eigenvalue weighted by Gasteiger charge is -2.24. The summed E-state index contributed by atoms with van der Waals surface area (Å²) in [5.41, 5.74) is 2.79. The first-order valence-electron chi connectivity index (χ1n) is 11.2. The molecule has 0 atom stereocenters. The summed E-state index contributed by atoms with van der Waals surface area (Å²) in [4.78, 5) is 27.8. The number of rotatable bonds is 11. The van der Waals surface area contributed by atoms with E-state index < -0.39 is 5.97 Å². The number of carbonyl (C=O) groups is 2. The first-order valence-corrected chi connectivity index (χ1v) is 12.0. The van der Waals surface area contributed by atoms with Crippen molar-refractivity contribution in [3.63, 3.8) is 0 Å². The van der Waals surface area contributed by atoms with Crippen LogP contribution < -0.4 is 10.2 Å². The van der Waals surface area contributed by atoms with Crippen LogP contribution in [0.15, 0.2) is 88.7 Å². The smallest absolute Gasteiger partial charge is 0.321 e. The number of carboxylic acids is 1. The predicted molar refractivity (Wildman–Crippen MR) is 134 cm³/mol. The highest BCUT2D eigenvalue weighted by molar-refractivity contribution is 7.99. The summed E-state index contributed by atoms with van der Waals surface area (Å²) in [5, 5.41) is 12.1. The zero-order valence-electron chi connectivity index (χ0n) is 18.9. The molecule has 0 aliphatic heterocycles. The van der Waals surface area contributed by atoms with E-state index >= 15 is 0 Å². The van der Waals surface area contributed by atoms with Crippen molar-refractivity contribution in [2.75, 3.05) is 18.0 Å². The molecule has 3 aromatic rings. The first-order chi connectivity index (χ1) is 16.0. The summed E-state index contributed by atoms with van der Waals surface area (Å²) in [7, 11) is 0. The van der Waals surface area contributed by atoms with Crippen LogP contribution in [0.5, 0.6) is 0 Å². The zero-order valence-corrected chi connectivity index (χ0v) is 19.7. The highest BCUT2D eigenvalue weighted by atomic mass is 32.2. The van der Waals surface area contributed by atoms with Gasteiger partial charge < -0.3 is 10.4 Å². The highest BCUT2D eigenvalue weighted by Crippen LogP contribution is 2.31. The fraction of sp³-hybridized carbons (Fsp3) is 0.259. The molecule has 0 fully saturated rings. The van der Waals surface area contributed by atoms with Crippen molar-refractivity contribution in [2.24, 2.45) is 0 Å². The van der Waals surface area contributed by atoms with Crippen molar-refractivity contribution in [2.45, 2.75) is 42.4 Å². The number of benzene rings is 3. The van der Waals surface area contributed by atoms with E-state index in [9.17, 15) is 9.59 Å². The molecule has 2 N–H and O–H groups in total. The molecule has 172 valence electrons. The molecular weight excluding hydrogens is 432 g/mol. The molecule has 3 rings (SSSR count). The maximum Gasteiger partial charge on any atom is 0.321 e. The number of hydrogen-bond acceptors (Lipinski definition) is 3. The van der Waals surface area contributed by atoms with E-state index in [2.05, 4.69) is 24.4 Å². The average molecular weight is 463 g/mol. The van der Waals surface area contributed by atoms with Crippen molar-refractivity contribution in [3.05, 3.63) is 90.0 Å². The topological polar surface area (TPSA) is 69.6 Å². The van der Waals surface area contributed by atoms with Crippen molar-refractivity contribution < 1.29 is 14.7 Å². The summed E-state index contributed by atoms with van der Waals surface area (Å²) in [6.45, 7) is 3.33. The van der Waals surface area contributed by atoms with Crippen LogP contribution in [0.3, 0.4) is 0 Å². The second kappa shape index (κ2) is 12.7. The van der Waals surface area contributed by atoms with Gasteiger partial charge in [0.05, 0.1) is 6.42 Å². The van der Waals surface area contributed by atoms with E-state index in [-0.39, 0.29) is 12.5 Å². The van der Waals surface area contributed by atoms with E-state index in [1.54, 1.807) is 16.7 Å². The Balaban J connectivity index is 1.77. The Morgan fingerprint density at radius 2 is 1.61 bits per heavy atom. The Bertz CT molecular complexity index is 1060. The van der Waals surface area contributed by atoms with E-state index in [4.69, 9.17) is 5.11 Å². The number of amides is 2. The minimum absolute atomic E-state index is 0.000362. The molecule has 2 amide bonds. The molecule has 6 heteroatoms. The van der Waals surface area contributed by atoms with Gasteiger partial charge in [0.1, 0.15) is 0 Å². The second-order valence-electron chi connectivity index (χ2n) is 7.79. The minimum atomic E-state index is -0.845. The van der Waals surface area contributed by atoms with Crippen molar-refractivity contribution in [1.29, 1.82) is 0 Å². The van der Waals surface area contributed by atoms with Gasteiger partial charge in [-0.2, -0.15) is 0 Å². The molecule has 0 bridgehead atoms. The molecule has 0 saturated heterocycles. The van der Waals surface area contributed by atoms with Gasteiger partial charge >= 0.3 is 12.0 Å². The lowest BCUT2D eigenvalue weighted by atomic mass is 10.1. The van der Waals surface area contributed by atoms with Crippen LogP contribution in [0.4, 0.5) is 10.5 Å². The normalized spacial score (nSPS) is 10.6. The summed E-state index contributed by atoms with van der Waals surface area (Å²) in [6, 6.07) is 25.5. The van der Waals surface area contributed by atoms with Gasteiger partial charge in [-0.1, -0.05) is 73.6 Å². The lowest BCUT2D eigenvalue weighted by Crippen LogP contribution is -2.41. The molecule has 0 heterocycles. The third-order valence-corrected chi connectivity index (χ3v) is 6.12. The van der Waals surface area contributed by atoms with Crippen LogP contribution in [0, 0.1) is 0 Å². The molecule has 33 heavy (non-hydrogen) atoms. The van der Waals surface area contributed by atoms with E-state index in [0.717, 1.165) is 40.3 Å². The highest BCUT2D eigenvalue weighted by Gasteiger charge is 2.16. The maximum absolute atomic E-state index is 13.0. The van der Waals surface area contributed by atoms with Crippen LogP contribution in [0.1, 0.15) is 30.9 Å². The Morgan fingerprint density at radius 1 is 0.909 bits per heavy atom. The van der Waals surface area contributed by atoms with Crippen LogP contribution in [0.25, 0.3) is 0 Å². The molecular formula is C27H30N2O3S. The molecule has 0 aliphatic rings. The van der Waals surface area contributed by atoms with Crippen LogP contribution in [0.2, 0.25) is 0 Å². The average Bonchev–Trinajstić information content (AvgIpc) is 2.80. The van der Waals surface area contributed by atoms with Crippen molar-refractivity contribution in [3.8, 4) is 0 Å². The Labute approximate surface area is 199 Å². The molecule has 3 aromatic carbocycles. The Hall–Kier alpha value is -3.25. The van der Waals surface area contributed by atoms with E-state index in [1.807, 2.05) is 66.7 Å². The fourth-order valence-electron chi connectivity index (χ4n) is 3.45. The quantitative estimate of drug-likeness (QED) is 0.342. The monoisotopic (exact) mass is 462 g/mol. The van der Waals surface area contributed by atoms with Crippen LogP contribution in [-0.2, 0) is 17.6 Å². The first kappa shape index (κ1) is 24.4. The van der Waals surface area contributed by atoms with Crippen LogP contribution in [-0.4, -0.2) is 30.2 Å². The van der Waals surface area contributed by atoms with Gasteiger partial charge in [0.25, 0.3) is 0 Å². The largest absolute Gasteiger partial charge is 0.481 e. The van der Waals surface area contributed by atoms with E-state index in [0.29, 0.717) is 13.1 Å². The number of carboxylic acid groups (broad SMARTS) is 1. The summed E-state index contributed by atoms with van der Waals surface area (Å²) < 4.78 is 0. The number of unbranched alkanes of at least 4 members (excludes halogenated alkanes) is 1. The number of urea groups is 1. The minimum Gasteiger partial charge on any atom is -0.481 e. The fourth-order valence-corrected chi connectivity index (χ4v) is 4.40. The third kappa shape index (κ3) is 7.99. The van der Waals surface area contributed by atoms with Gasteiger partial charge in [-0.25, -0.2) is 4.79 Å². The number of anilines is 1. The number of aliphatic carboxylic acids is 1. The molecule has 0 aliphatic carbocycles.